The summed E-state index contributed by atoms with van der Waals surface area (Å²) >= 11 is 0. The van der Waals surface area contributed by atoms with Gasteiger partial charge in [-0.1, -0.05) is 19.1 Å². The molecule has 1 unspecified atom stereocenters. The molecule has 0 amide bonds. The molecule has 4 heteroatoms. The zero-order valence-electron chi connectivity index (χ0n) is 9.67. The number of methoxy groups -OCH3 is 1. The lowest BCUT2D eigenvalue weighted by Crippen LogP contribution is -2.37. The molecule has 1 aliphatic heterocycles. The fourth-order valence-electron chi connectivity index (χ4n) is 2.78. The van der Waals surface area contributed by atoms with Gasteiger partial charge in [0.1, 0.15) is 6.10 Å². The Kier molecular flexibility index (Phi) is 2.74. The summed E-state index contributed by atoms with van der Waals surface area (Å²) in [5.41, 5.74) is 0. The van der Waals surface area contributed by atoms with Gasteiger partial charge < -0.3 is 9.47 Å². The minimum atomic E-state index is -0.354. The zero-order valence-corrected chi connectivity index (χ0v) is 9.67. The molecular weight excluding hydrogens is 208 g/mol. The standard InChI is InChI=1S/C12H16O4/c1-6-4-5-8(11(13)15-3)10-7(2)16-12(14)9(6)10/h4-10H,1-3H3/t6-,7+,8?,9+,10-/m1/s1. The van der Waals surface area contributed by atoms with E-state index in [2.05, 4.69) is 0 Å². The number of hydrogen-bond donors (Lipinski definition) is 0. The second-order valence-corrected chi connectivity index (χ2v) is 4.54. The molecular formula is C12H16O4. The van der Waals surface area contributed by atoms with E-state index in [0.29, 0.717) is 0 Å². The fourth-order valence-corrected chi connectivity index (χ4v) is 2.78. The van der Waals surface area contributed by atoms with Gasteiger partial charge in [0.2, 0.25) is 0 Å². The van der Waals surface area contributed by atoms with Gasteiger partial charge in [0.05, 0.1) is 18.9 Å². The van der Waals surface area contributed by atoms with E-state index >= 15 is 0 Å². The summed E-state index contributed by atoms with van der Waals surface area (Å²) in [7, 11) is 1.37. The number of allylic oxidation sites excluding steroid dienone is 1. The van der Waals surface area contributed by atoms with E-state index in [1.165, 1.54) is 7.11 Å². The maximum atomic E-state index is 11.7. The summed E-state index contributed by atoms with van der Waals surface area (Å²) in [5.74, 6) is -0.994. The van der Waals surface area contributed by atoms with Crippen molar-refractivity contribution >= 4 is 11.9 Å². The Balaban J connectivity index is 2.33. The maximum absolute atomic E-state index is 11.7. The SMILES string of the molecule is COC(=O)C1C=C[C@@H](C)[C@@H]2C(=O)O[C@@H](C)[C@H]12. The van der Waals surface area contributed by atoms with Crippen molar-refractivity contribution in [2.24, 2.45) is 23.7 Å². The summed E-state index contributed by atoms with van der Waals surface area (Å²) in [6, 6.07) is 0. The lowest BCUT2D eigenvalue weighted by Gasteiger charge is -2.30. The first kappa shape index (κ1) is 11.2. The Hall–Kier alpha value is -1.32. The van der Waals surface area contributed by atoms with Gasteiger partial charge in [-0.3, -0.25) is 9.59 Å². The first-order valence-electron chi connectivity index (χ1n) is 5.53. The van der Waals surface area contributed by atoms with E-state index in [9.17, 15) is 9.59 Å². The predicted octanol–water partition coefficient (Wildman–Crippen LogP) is 1.16. The summed E-state index contributed by atoms with van der Waals surface area (Å²) < 4.78 is 9.98. The predicted molar refractivity (Wildman–Crippen MR) is 56.3 cm³/mol. The number of cyclic esters (lactones) is 1. The van der Waals surface area contributed by atoms with Gasteiger partial charge in [0.25, 0.3) is 0 Å². The van der Waals surface area contributed by atoms with Crippen molar-refractivity contribution in [2.75, 3.05) is 7.11 Å². The van der Waals surface area contributed by atoms with Gasteiger partial charge in [-0.25, -0.2) is 0 Å². The van der Waals surface area contributed by atoms with Crippen molar-refractivity contribution < 1.29 is 19.1 Å². The molecule has 16 heavy (non-hydrogen) atoms. The summed E-state index contributed by atoms with van der Waals surface area (Å²) in [4.78, 5) is 23.3. The van der Waals surface area contributed by atoms with Crippen molar-refractivity contribution in [3.05, 3.63) is 12.2 Å². The summed E-state index contributed by atoms with van der Waals surface area (Å²) in [6.07, 6.45) is 3.53. The smallest absolute Gasteiger partial charge is 0.312 e. The molecule has 0 bridgehead atoms. The van der Waals surface area contributed by atoms with E-state index in [1.54, 1.807) is 0 Å². The number of carbonyl (C=O) groups excluding carboxylic acids is 2. The van der Waals surface area contributed by atoms with E-state index in [0.717, 1.165) is 0 Å². The van der Waals surface area contributed by atoms with Crippen LogP contribution >= 0.6 is 0 Å². The van der Waals surface area contributed by atoms with Crippen LogP contribution in [0.3, 0.4) is 0 Å². The van der Waals surface area contributed by atoms with Crippen LogP contribution in [0.5, 0.6) is 0 Å². The molecule has 0 saturated carbocycles. The van der Waals surface area contributed by atoms with Crippen LogP contribution in [0.4, 0.5) is 0 Å². The molecule has 88 valence electrons. The average molecular weight is 224 g/mol. The topological polar surface area (TPSA) is 52.6 Å². The van der Waals surface area contributed by atoms with Gasteiger partial charge in [0, 0.05) is 5.92 Å². The van der Waals surface area contributed by atoms with Crippen LogP contribution in [-0.4, -0.2) is 25.2 Å². The highest BCUT2D eigenvalue weighted by Crippen LogP contribution is 2.43. The molecule has 2 rings (SSSR count). The van der Waals surface area contributed by atoms with Crippen molar-refractivity contribution in [1.82, 2.24) is 0 Å². The molecule has 1 saturated heterocycles. The second kappa shape index (κ2) is 3.92. The number of ether oxygens (including phenoxy) is 2. The Morgan fingerprint density at radius 3 is 2.69 bits per heavy atom. The average Bonchev–Trinajstić information content (AvgIpc) is 2.55. The maximum Gasteiger partial charge on any atom is 0.312 e. The third kappa shape index (κ3) is 1.52. The highest BCUT2D eigenvalue weighted by atomic mass is 16.6. The van der Waals surface area contributed by atoms with E-state index < -0.39 is 0 Å². The van der Waals surface area contributed by atoms with Gasteiger partial charge in [0.15, 0.2) is 0 Å². The van der Waals surface area contributed by atoms with Gasteiger partial charge in [-0.2, -0.15) is 0 Å². The fraction of sp³-hybridized carbons (Fsp3) is 0.667. The molecule has 0 aromatic heterocycles. The normalized spacial score (nSPS) is 41.4. The molecule has 0 spiro atoms. The molecule has 4 nitrogen and oxygen atoms in total. The number of hydrogen-bond acceptors (Lipinski definition) is 4. The van der Waals surface area contributed by atoms with Gasteiger partial charge in [-0.15, -0.1) is 0 Å². The van der Waals surface area contributed by atoms with Crippen LogP contribution in [0.1, 0.15) is 13.8 Å². The van der Waals surface area contributed by atoms with E-state index in [1.807, 2.05) is 26.0 Å². The third-order valence-electron chi connectivity index (χ3n) is 3.61. The summed E-state index contributed by atoms with van der Waals surface area (Å²) in [6.45, 7) is 3.81. The van der Waals surface area contributed by atoms with Crippen LogP contribution in [-0.2, 0) is 19.1 Å². The quantitative estimate of drug-likeness (QED) is 0.495. The lowest BCUT2D eigenvalue weighted by atomic mass is 9.70. The molecule has 1 heterocycles. The van der Waals surface area contributed by atoms with Gasteiger partial charge in [-0.05, 0) is 12.8 Å². The van der Waals surface area contributed by atoms with E-state index in [4.69, 9.17) is 9.47 Å². The second-order valence-electron chi connectivity index (χ2n) is 4.54. The molecule has 5 atom stereocenters. The zero-order chi connectivity index (χ0) is 11.9. The molecule has 0 aromatic rings. The number of carbonyl (C=O) groups is 2. The minimum Gasteiger partial charge on any atom is -0.469 e. The molecule has 1 aliphatic carbocycles. The van der Waals surface area contributed by atoms with Crippen molar-refractivity contribution in [3.8, 4) is 0 Å². The van der Waals surface area contributed by atoms with Crippen LogP contribution < -0.4 is 0 Å². The molecule has 2 aliphatic rings. The molecule has 1 fully saturated rings. The van der Waals surface area contributed by atoms with Crippen LogP contribution in [0.15, 0.2) is 12.2 Å². The van der Waals surface area contributed by atoms with Gasteiger partial charge >= 0.3 is 11.9 Å². The van der Waals surface area contributed by atoms with Crippen LogP contribution in [0.2, 0.25) is 0 Å². The minimum absolute atomic E-state index is 0.0834. The third-order valence-corrected chi connectivity index (χ3v) is 3.61. The number of fused-ring (bicyclic) bond motifs is 1. The molecule has 0 N–H and O–H groups in total. The van der Waals surface area contributed by atoms with Crippen molar-refractivity contribution in [3.63, 3.8) is 0 Å². The molecule has 0 aromatic carbocycles. The highest BCUT2D eigenvalue weighted by Gasteiger charge is 2.51. The van der Waals surface area contributed by atoms with Crippen LogP contribution in [0.25, 0.3) is 0 Å². The van der Waals surface area contributed by atoms with Crippen molar-refractivity contribution in [2.45, 2.75) is 20.0 Å². The first-order valence-corrected chi connectivity index (χ1v) is 5.53. The lowest BCUT2D eigenvalue weighted by molar-refractivity contribution is -0.147. The van der Waals surface area contributed by atoms with Crippen molar-refractivity contribution in [1.29, 1.82) is 0 Å². The summed E-state index contributed by atoms with van der Waals surface area (Å²) in [5, 5.41) is 0. The van der Waals surface area contributed by atoms with Crippen LogP contribution in [0, 0.1) is 23.7 Å². The Morgan fingerprint density at radius 2 is 2.06 bits per heavy atom. The Labute approximate surface area is 94.6 Å². The number of rotatable bonds is 1. The monoisotopic (exact) mass is 224 g/mol. The molecule has 0 radical (unpaired) electrons. The van der Waals surface area contributed by atoms with E-state index in [-0.39, 0.29) is 41.7 Å². The largest absolute Gasteiger partial charge is 0.469 e. The number of esters is 2. The Bertz CT molecular complexity index is 347. The Morgan fingerprint density at radius 1 is 1.38 bits per heavy atom. The first-order chi connectivity index (χ1) is 7.56. The highest BCUT2D eigenvalue weighted by molar-refractivity contribution is 5.81.